The Balaban J connectivity index is 1.39. The van der Waals surface area contributed by atoms with E-state index in [-0.39, 0.29) is 11.8 Å². The molecule has 5 rings (SSSR count). The number of aromatic nitrogens is 3. The summed E-state index contributed by atoms with van der Waals surface area (Å²) >= 11 is 1.37. The zero-order valence-electron chi connectivity index (χ0n) is 18.9. The molecule has 1 fully saturated rings. The number of carbonyl (C=O) groups excluding carboxylic acids is 2. The quantitative estimate of drug-likeness (QED) is 0.395. The van der Waals surface area contributed by atoms with Crippen LogP contribution in [0.3, 0.4) is 0 Å². The number of anilines is 1. The van der Waals surface area contributed by atoms with Gasteiger partial charge in [0, 0.05) is 48.2 Å². The zero-order chi connectivity index (χ0) is 24.4. The molecule has 178 valence electrons. The normalized spacial score (nSPS) is 15.0. The first-order valence-electron chi connectivity index (χ1n) is 10.8. The Labute approximate surface area is 204 Å². The van der Waals surface area contributed by atoms with E-state index in [9.17, 15) is 9.59 Å². The van der Waals surface area contributed by atoms with Crippen LogP contribution in [0.1, 0.15) is 27.5 Å². The van der Waals surface area contributed by atoms with Crippen molar-refractivity contribution >= 4 is 28.3 Å². The van der Waals surface area contributed by atoms with Crippen LogP contribution < -0.4 is 20.1 Å². The van der Waals surface area contributed by atoms with Crippen LogP contribution in [0.2, 0.25) is 0 Å². The van der Waals surface area contributed by atoms with E-state index in [1.54, 1.807) is 55.6 Å². The van der Waals surface area contributed by atoms with Gasteiger partial charge in [0.2, 0.25) is 11.8 Å². The molecule has 2 aromatic heterocycles. The van der Waals surface area contributed by atoms with Gasteiger partial charge in [-0.1, -0.05) is 0 Å². The van der Waals surface area contributed by atoms with Crippen molar-refractivity contribution in [2.75, 3.05) is 11.9 Å². The molecule has 2 amide bonds. The standard InChI is InChI=1S/C24H21N5O5S/c1-13-12-26-24(35-13)27-21(30)16-9-18(11-19(10-16)34-20-7-8-25-22(20)31)33-17-5-3-15(4-6-17)23-29-28-14(2)32-23/h3-6,9-12,20H,7-8H2,1-2H3,(H,25,31)(H,26,27,30). The SMILES string of the molecule is Cc1nnc(-c2ccc(Oc3cc(OC4CCNC4=O)cc(C(=O)Nc4ncc(C)s4)c3)cc2)o1. The number of nitrogens with zero attached hydrogens (tertiary/aromatic N) is 3. The van der Waals surface area contributed by atoms with Crippen LogP contribution in [0.4, 0.5) is 5.13 Å². The average molecular weight is 492 g/mol. The maximum absolute atomic E-state index is 12.9. The second-order valence-corrected chi connectivity index (χ2v) is 9.10. The number of hydrogen-bond acceptors (Lipinski definition) is 9. The minimum absolute atomic E-state index is 0.188. The number of amides is 2. The van der Waals surface area contributed by atoms with Crippen molar-refractivity contribution in [1.82, 2.24) is 20.5 Å². The maximum Gasteiger partial charge on any atom is 0.261 e. The maximum atomic E-state index is 12.9. The Hall–Kier alpha value is -4.25. The summed E-state index contributed by atoms with van der Waals surface area (Å²) in [5.74, 6) is 1.59. The van der Waals surface area contributed by atoms with Crippen molar-refractivity contribution in [3.63, 3.8) is 0 Å². The average Bonchev–Trinajstić information content (AvgIpc) is 3.56. The third kappa shape index (κ3) is 5.30. The molecular weight excluding hydrogens is 470 g/mol. The molecule has 0 spiro atoms. The summed E-state index contributed by atoms with van der Waals surface area (Å²) in [5, 5.41) is 13.9. The highest BCUT2D eigenvalue weighted by molar-refractivity contribution is 7.15. The van der Waals surface area contributed by atoms with E-state index in [0.29, 0.717) is 52.7 Å². The third-order valence-electron chi connectivity index (χ3n) is 5.12. The lowest BCUT2D eigenvalue weighted by atomic mass is 10.1. The van der Waals surface area contributed by atoms with Gasteiger partial charge in [0.15, 0.2) is 11.2 Å². The second-order valence-electron chi connectivity index (χ2n) is 7.86. The molecule has 35 heavy (non-hydrogen) atoms. The first-order valence-corrected chi connectivity index (χ1v) is 11.7. The Bertz CT molecular complexity index is 1380. The van der Waals surface area contributed by atoms with E-state index in [0.717, 1.165) is 10.4 Å². The Morgan fingerprint density at radius 1 is 1.11 bits per heavy atom. The number of benzene rings is 2. The Morgan fingerprint density at radius 2 is 1.91 bits per heavy atom. The van der Waals surface area contributed by atoms with Gasteiger partial charge in [-0.3, -0.25) is 14.9 Å². The molecule has 1 unspecified atom stereocenters. The number of hydrogen-bond donors (Lipinski definition) is 2. The number of ether oxygens (including phenoxy) is 2. The van der Waals surface area contributed by atoms with Crippen molar-refractivity contribution < 1.29 is 23.5 Å². The molecule has 10 nitrogen and oxygen atoms in total. The van der Waals surface area contributed by atoms with E-state index < -0.39 is 6.10 Å². The summed E-state index contributed by atoms with van der Waals surface area (Å²) < 4.78 is 17.3. The fourth-order valence-corrected chi connectivity index (χ4v) is 4.13. The monoisotopic (exact) mass is 491 g/mol. The lowest BCUT2D eigenvalue weighted by Gasteiger charge is -2.14. The molecule has 0 saturated carbocycles. The first-order chi connectivity index (χ1) is 16.9. The van der Waals surface area contributed by atoms with Gasteiger partial charge >= 0.3 is 0 Å². The van der Waals surface area contributed by atoms with Crippen molar-refractivity contribution in [1.29, 1.82) is 0 Å². The third-order valence-corrected chi connectivity index (χ3v) is 5.95. The number of aryl methyl sites for hydroxylation is 2. The minimum Gasteiger partial charge on any atom is -0.480 e. The van der Waals surface area contributed by atoms with Gasteiger partial charge in [-0.2, -0.15) is 0 Å². The van der Waals surface area contributed by atoms with Gasteiger partial charge in [0.1, 0.15) is 17.2 Å². The fourth-order valence-electron chi connectivity index (χ4n) is 3.47. The molecule has 0 bridgehead atoms. The molecule has 0 aliphatic carbocycles. The van der Waals surface area contributed by atoms with Gasteiger partial charge in [0.05, 0.1) is 0 Å². The van der Waals surface area contributed by atoms with Gasteiger partial charge in [0.25, 0.3) is 11.8 Å². The highest BCUT2D eigenvalue weighted by atomic mass is 32.1. The molecule has 1 saturated heterocycles. The minimum atomic E-state index is -0.625. The van der Waals surface area contributed by atoms with E-state index in [4.69, 9.17) is 13.9 Å². The summed E-state index contributed by atoms with van der Waals surface area (Å²) in [6.45, 7) is 4.18. The summed E-state index contributed by atoms with van der Waals surface area (Å²) in [4.78, 5) is 30.1. The van der Waals surface area contributed by atoms with E-state index in [1.165, 1.54) is 11.3 Å². The van der Waals surface area contributed by atoms with E-state index in [1.807, 2.05) is 6.92 Å². The Kier molecular flexibility index (Phi) is 6.15. The number of nitrogens with one attached hydrogen (secondary N) is 2. The van der Waals surface area contributed by atoms with Crippen LogP contribution in [0.15, 0.2) is 53.1 Å². The molecule has 3 heterocycles. The van der Waals surface area contributed by atoms with Crippen LogP contribution in [-0.2, 0) is 4.79 Å². The molecular formula is C24H21N5O5S. The summed E-state index contributed by atoms with van der Waals surface area (Å²) in [7, 11) is 0. The van der Waals surface area contributed by atoms with Gasteiger partial charge in [-0.25, -0.2) is 4.98 Å². The zero-order valence-corrected chi connectivity index (χ0v) is 19.7. The first kappa shape index (κ1) is 22.5. The molecule has 11 heteroatoms. The van der Waals surface area contributed by atoms with E-state index >= 15 is 0 Å². The Morgan fingerprint density at radius 3 is 2.57 bits per heavy atom. The van der Waals surface area contributed by atoms with Crippen molar-refractivity contribution in [2.45, 2.75) is 26.4 Å². The van der Waals surface area contributed by atoms with Crippen LogP contribution in [0.5, 0.6) is 17.2 Å². The summed E-state index contributed by atoms with van der Waals surface area (Å²) in [6.07, 6.45) is 1.60. The molecule has 1 aliphatic rings. The molecule has 1 atom stereocenters. The highest BCUT2D eigenvalue weighted by Crippen LogP contribution is 2.31. The lowest BCUT2D eigenvalue weighted by Crippen LogP contribution is -2.27. The number of carbonyl (C=O) groups is 2. The topological polar surface area (TPSA) is 128 Å². The van der Waals surface area contributed by atoms with Crippen LogP contribution in [0.25, 0.3) is 11.5 Å². The van der Waals surface area contributed by atoms with Crippen molar-refractivity contribution in [2.24, 2.45) is 0 Å². The lowest BCUT2D eigenvalue weighted by molar-refractivity contribution is -0.124. The van der Waals surface area contributed by atoms with Gasteiger partial charge in [-0.05, 0) is 43.3 Å². The van der Waals surface area contributed by atoms with Crippen molar-refractivity contribution in [3.05, 3.63) is 65.0 Å². The predicted octanol–water partition coefficient (Wildman–Crippen LogP) is 4.12. The van der Waals surface area contributed by atoms with Crippen LogP contribution >= 0.6 is 11.3 Å². The smallest absolute Gasteiger partial charge is 0.261 e. The number of rotatable bonds is 7. The second kappa shape index (κ2) is 9.55. The van der Waals surface area contributed by atoms with Crippen LogP contribution in [-0.4, -0.2) is 39.6 Å². The summed E-state index contributed by atoms with van der Waals surface area (Å²) in [6, 6.07) is 11.9. The molecule has 2 aromatic carbocycles. The molecule has 2 N–H and O–H groups in total. The largest absolute Gasteiger partial charge is 0.480 e. The van der Waals surface area contributed by atoms with Gasteiger partial charge in [-0.15, -0.1) is 21.5 Å². The van der Waals surface area contributed by atoms with Crippen LogP contribution in [0, 0.1) is 13.8 Å². The fraction of sp³-hybridized carbons (Fsp3) is 0.208. The number of thiazole rings is 1. The van der Waals surface area contributed by atoms with E-state index in [2.05, 4.69) is 25.8 Å². The molecule has 0 radical (unpaired) electrons. The molecule has 1 aliphatic heterocycles. The predicted molar refractivity (Wildman–Crippen MR) is 128 cm³/mol. The van der Waals surface area contributed by atoms with Crippen molar-refractivity contribution in [3.8, 4) is 28.7 Å². The van der Waals surface area contributed by atoms with Gasteiger partial charge < -0.3 is 19.2 Å². The highest BCUT2D eigenvalue weighted by Gasteiger charge is 2.26. The summed E-state index contributed by atoms with van der Waals surface area (Å²) in [5.41, 5.74) is 1.06. The molecule has 4 aromatic rings.